The van der Waals surface area contributed by atoms with E-state index in [2.05, 4.69) is 16.3 Å². The zero-order chi connectivity index (χ0) is 14.3. The fourth-order valence-corrected chi connectivity index (χ4v) is 4.34. The van der Waals surface area contributed by atoms with Gasteiger partial charge in [-0.25, -0.2) is 0 Å². The molecular weight excluding hydrogens is 292 g/mol. The smallest absolute Gasteiger partial charge is 0.253 e. The molecule has 0 saturated carbocycles. The fraction of sp³-hybridized carbons (Fsp3) is 0.231. The number of rotatable bonds is 2. The van der Waals surface area contributed by atoms with Crippen molar-refractivity contribution < 1.29 is 4.79 Å². The van der Waals surface area contributed by atoms with E-state index in [1.807, 2.05) is 6.07 Å². The first-order valence-electron chi connectivity index (χ1n) is 6.04. The second-order valence-corrected chi connectivity index (χ2v) is 6.54. The zero-order valence-electron chi connectivity index (χ0n) is 10.5. The third kappa shape index (κ3) is 1.94. The van der Waals surface area contributed by atoms with E-state index < -0.39 is 5.91 Å². The molecule has 1 amide bonds. The number of primary amides is 1. The lowest BCUT2D eigenvalue weighted by Gasteiger charge is -2.28. The Hall–Kier alpha value is -2.04. The van der Waals surface area contributed by atoms with E-state index in [0.29, 0.717) is 9.88 Å². The van der Waals surface area contributed by atoms with Gasteiger partial charge in [0.2, 0.25) is 0 Å². The van der Waals surface area contributed by atoms with Crippen molar-refractivity contribution in [3.63, 3.8) is 0 Å². The van der Waals surface area contributed by atoms with E-state index in [0.717, 1.165) is 19.5 Å². The average Bonchev–Trinajstić information content (AvgIpc) is 3.01. The Bertz CT molecular complexity index is 725. The van der Waals surface area contributed by atoms with Gasteiger partial charge in [-0.1, -0.05) is 0 Å². The molecule has 0 aliphatic carbocycles. The number of fused-ring (bicyclic) bond motifs is 1. The number of nitrogens with two attached hydrogens (primary N) is 2. The third-order valence-corrected chi connectivity index (χ3v) is 5.56. The van der Waals surface area contributed by atoms with E-state index in [1.54, 1.807) is 11.3 Å². The molecule has 4 N–H and O–H groups in total. The summed E-state index contributed by atoms with van der Waals surface area (Å²) in [5.74, 6) is -0.577. The number of nitrogens with zero attached hydrogens (tertiary/aromatic N) is 2. The quantitative estimate of drug-likeness (QED) is 0.886. The maximum atomic E-state index is 11.6. The van der Waals surface area contributed by atoms with E-state index in [-0.39, 0.29) is 11.3 Å². The molecule has 0 aromatic carbocycles. The van der Waals surface area contributed by atoms with Crippen LogP contribution in [0, 0.1) is 11.3 Å². The van der Waals surface area contributed by atoms with Crippen LogP contribution in [-0.2, 0) is 13.0 Å². The average molecular weight is 304 g/mol. The van der Waals surface area contributed by atoms with Crippen molar-refractivity contribution in [1.29, 1.82) is 5.26 Å². The summed E-state index contributed by atoms with van der Waals surface area (Å²) in [7, 11) is 0. The molecule has 102 valence electrons. The molecule has 1 aliphatic heterocycles. The van der Waals surface area contributed by atoms with Gasteiger partial charge in [-0.2, -0.15) is 5.26 Å². The van der Waals surface area contributed by atoms with E-state index in [4.69, 9.17) is 16.7 Å². The number of carbonyl (C=O) groups is 1. The lowest BCUT2D eigenvalue weighted by Crippen LogP contribution is -2.30. The highest BCUT2D eigenvalue weighted by molar-refractivity contribution is 7.17. The Labute approximate surface area is 124 Å². The van der Waals surface area contributed by atoms with Crippen LogP contribution in [0.2, 0.25) is 0 Å². The predicted octanol–water partition coefficient (Wildman–Crippen LogP) is 1.93. The monoisotopic (exact) mass is 304 g/mol. The molecule has 3 heterocycles. The number of nitrogen functional groups attached to an aromatic ring is 1. The number of thiophene rings is 2. The van der Waals surface area contributed by atoms with Gasteiger partial charge in [0, 0.05) is 18.0 Å². The van der Waals surface area contributed by atoms with Crippen molar-refractivity contribution in [3.8, 4) is 6.07 Å². The van der Waals surface area contributed by atoms with Crippen LogP contribution in [0.3, 0.4) is 0 Å². The fourth-order valence-electron chi connectivity index (χ4n) is 2.40. The minimum atomic E-state index is -0.577. The van der Waals surface area contributed by atoms with Gasteiger partial charge in [0.25, 0.3) is 5.91 Å². The number of carbonyl (C=O) groups excluding carboxylic acids is 1. The Morgan fingerprint density at radius 1 is 1.50 bits per heavy atom. The number of amides is 1. The highest BCUT2D eigenvalue weighted by Gasteiger charge is 2.27. The van der Waals surface area contributed by atoms with Gasteiger partial charge in [-0.15, -0.1) is 22.7 Å². The van der Waals surface area contributed by atoms with Crippen LogP contribution >= 0.6 is 22.7 Å². The second kappa shape index (κ2) is 4.81. The highest BCUT2D eigenvalue weighted by atomic mass is 32.1. The van der Waals surface area contributed by atoms with Crippen molar-refractivity contribution in [2.24, 2.45) is 5.73 Å². The van der Waals surface area contributed by atoms with E-state index in [1.165, 1.54) is 21.8 Å². The van der Waals surface area contributed by atoms with Crippen molar-refractivity contribution in [1.82, 2.24) is 0 Å². The van der Waals surface area contributed by atoms with Crippen molar-refractivity contribution >= 4 is 39.3 Å². The minimum Gasteiger partial charge on any atom is -0.396 e. The molecule has 0 radical (unpaired) electrons. The van der Waals surface area contributed by atoms with Crippen LogP contribution in [0.1, 0.15) is 25.7 Å². The molecule has 1 aliphatic rings. The standard InChI is InChI=1S/C13H12N4OS2/c14-5-9-11(15)10(12(16)18)13(20-9)17-3-1-8-7(6-17)2-4-19-8/h2,4H,1,3,6,15H2,(H2,16,18). The number of hydrogen-bond acceptors (Lipinski definition) is 6. The Morgan fingerprint density at radius 2 is 2.30 bits per heavy atom. The second-order valence-electron chi connectivity index (χ2n) is 4.54. The summed E-state index contributed by atoms with van der Waals surface area (Å²) in [6.07, 6.45) is 0.935. The molecule has 0 spiro atoms. The summed E-state index contributed by atoms with van der Waals surface area (Å²) in [5, 5.41) is 11.9. The van der Waals surface area contributed by atoms with E-state index >= 15 is 0 Å². The zero-order valence-corrected chi connectivity index (χ0v) is 12.2. The molecule has 0 fully saturated rings. The van der Waals surface area contributed by atoms with Crippen LogP contribution in [0.15, 0.2) is 11.4 Å². The molecule has 7 heteroatoms. The maximum Gasteiger partial charge on any atom is 0.253 e. The van der Waals surface area contributed by atoms with Gasteiger partial charge in [-0.05, 0) is 23.4 Å². The van der Waals surface area contributed by atoms with E-state index in [9.17, 15) is 4.79 Å². The molecule has 2 aromatic rings. The van der Waals surface area contributed by atoms with Crippen LogP contribution < -0.4 is 16.4 Å². The summed E-state index contributed by atoms with van der Waals surface area (Å²) in [4.78, 5) is 15.4. The van der Waals surface area contributed by atoms with Crippen LogP contribution in [0.4, 0.5) is 10.7 Å². The highest BCUT2D eigenvalue weighted by Crippen LogP contribution is 2.40. The summed E-state index contributed by atoms with van der Waals surface area (Å²) in [6.45, 7) is 1.53. The van der Waals surface area contributed by atoms with Crippen LogP contribution in [0.5, 0.6) is 0 Å². The molecule has 0 atom stereocenters. The first-order chi connectivity index (χ1) is 9.61. The summed E-state index contributed by atoms with van der Waals surface area (Å²) >= 11 is 2.99. The molecule has 20 heavy (non-hydrogen) atoms. The first kappa shape index (κ1) is 13.0. The summed E-state index contributed by atoms with van der Waals surface area (Å²) < 4.78 is 0. The molecule has 0 bridgehead atoms. The Morgan fingerprint density at radius 3 is 3.00 bits per heavy atom. The SMILES string of the molecule is N#Cc1sc(N2CCc3sccc3C2)c(C(N)=O)c1N. The predicted molar refractivity (Wildman–Crippen MR) is 81.0 cm³/mol. The molecule has 2 aromatic heterocycles. The van der Waals surface area contributed by atoms with Crippen molar-refractivity contribution in [2.45, 2.75) is 13.0 Å². The minimum absolute atomic E-state index is 0.205. The molecular formula is C13H12N4OS2. The molecule has 0 saturated heterocycles. The molecule has 0 unspecified atom stereocenters. The Kier molecular flexibility index (Phi) is 3.12. The lowest BCUT2D eigenvalue weighted by atomic mass is 10.1. The van der Waals surface area contributed by atoms with Gasteiger partial charge in [0.1, 0.15) is 15.9 Å². The Balaban J connectivity index is 2.03. The van der Waals surface area contributed by atoms with Gasteiger partial charge in [0.15, 0.2) is 0 Å². The maximum absolute atomic E-state index is 11.6. The first-order valence-corrected chi connectivity index (χ1v) is 7.73. The van der Waals surface area contributed by atoms with Crippen molar-refractivity contribution in [2.75, 3.05) is 17.2 Å². The summed E-state index contributed by atoms with van der Waals surface area (Å²) in [6, 6.07) is 4.12. The normalized spacial score (nSPS) is 13.8. The third-order valence-electron chi connectivity index (χ3n) is 3.37. The van der Waals surface area contributed by atoms with Crippen LogP contribution in [0.25, 0.3) is 0 Å². The summed E-state index contributed by atoms with van der Waals surface area (Å²) in [5.41, 5.74) is 13.0. The van der Waals surface area contributed by atoms with Gasteiger partial charge in [-0.3, -0.25) is 4.79 Å². The van der Waals surface area contributed by atoms with Gasteiger partial charge < -0.3 is 16.4 Å². The largest absolute Gasteiger partial charge is 0.396 e. The van der Waals surface area contributed by atoms with Crippen LogP contribution in [-0.4, -0.2) is 12.5 Å². The topological polar surface area (TPSA) is 96.1 Å². The number of nitriles is 1. The molecule has 3 rings (SSSR count). The van der Waals surface area contributed by atoms with Gasteiger partial charge >= 0.3 is 0 Å². The number of hydrogen-bond donors (Lipinski definition) is 2. The van der Waals surface area contributed by atoms with Crippen molar-refractivity contribution in [3.05, 3.63) is 32.3 Å². The van der Waals surface area contributed by atoms with Gasteiger partial charge in [0.05, 0.1) is 11.3 Å². The number of anilines is 2. The molecule has 5 nitrogen and oxygen atoms in total. The lowest BCUT2D eigenvalue weighted by molar-refractivity contribution is 0.100.